The lowest BCUT2D eigenvalue weighted by Gasteiger charge is -2.34. The van der Waals surface area contributed by atoms with E-state index in [1.54, 1.807) is 0 Å². The van der Waals surface area contributed by atoms with Crippen LogP contribution in [0.25, 0.3) is 0 Å². The topological polar surface area (TPSA) is 34.1 Å². The number of ketones is 2. The average Bonchev–Trinajstić information content (AvgIpc) is 2.77. The van der Waals surface area contributed by atoms with Gasteiger partial charge in [0.25, 0.3) is 0 Å². The molecule has 2 heteroatoms. The van der Waals surface area contributed by atoms with Crippen molar-refractivity contribution >= 4 is 11.6 Å². The van der Waals surface area contributed by atoms with Crippen molar-refractivity contribution in [3.8, 4) is 0 Å². The molecule has 0 aromatic carbocycles. The summed E-state index contributed by atoms with van der Waals surface area (Å²) in [6.07, 6.45) is 9.27. The number of allylic oxidation sites excluding steroid dienone is 2. The van der Waals surface area contributed by atoms with Gasteiger partial charge in [-0.3, -0.25) is 9.59 Å². The molecule has 3 rings (SSSR count). The van der Waals surface area contributed by atoms with Crippen LogP contribution in [0.15, 0.2) is 12.2 Å². The van der Waals surface area contributed by atoms with Crippen molar-refractivity contribution in [3.63, 3.8) is 0 Å². The molecule has 0 aliphatic heterocycles. The van der Waals surface area contributed by atoms with Gasteiger partial charge in [0.05, 0.1) is 0 Å². The van der Waals surface area contributed by atoms with Gasteiger partial charge in [0.15, 0.2) is 0 Å². The molecule has 0 N–H and O–H groups in total. The van der Waals surface area contributed by atoms with E-state index in [4.69, 9.17) is 0 Å². The van der Waals surface area contributed by atoms with E-state index in [0.29, 0.717) is 49.1 Å². The molecule has 0 aromatic rings. The smallest absolute Gasteiger partial charge is 0.133 e. The molecule has 0 radical (unpaired) electrons. The molecule has 2 saturated carbocycles. The SMILES string of the molecule is O=C1CC2CC(=O)CC2(C2CC=CC2)C1. The molecular formula is C13H16O2. The summed E-state index contributed by atoms with van der Waals surface area (Å²) in [4.78, 5) is 23.2. The summed E-state index contributed by atoms with van der Waals surface area (Å²) in [6.45, 7) is 0. The van der Waals surface area contributed by atoms with Crippen LogP contribution in [-0.2, 0) is 9.59 Å². The van der Waals surface area contributed by atoms with E-state index < -0.39 is 0 Å². The molecule has 80 valence electrons. The van der Waals surface area contributed by atoms with Crippen molar-refractivity contribution in [3.05, 3.63) is 12.2 Å². The van der Waals surface area contributed by atoms with Crippen molar-refractivity contribution in [1.82, 2.24) is 0 Å². The third-order valence-electron chi connectivity index (χ3n) is 4.63. The maximum absolute atomic E-state index is 11.6. The lowest BCUT2D eigenvalue weighted by atomic mass is 9.68. The van der Waals surface area contributed by atoms with E-state index >= 15 is 0 Å². The van der Waals surface area contributed by atoms with Crippen LogP contribution >= 0.6 is 0 Å². The molecule has 0 unspecified atom stereocenters. The van der Waals surface area contributed by atoms with Gasteiger partial charge >= 0.3 is 0 Å². The Kier molecular flexibility index (Phi) is 1.88. The Labute approximate surface area is 89.7 Å². The van der Waals surface area contributed by atoms with Gasteiger partial charge in [0.2, 0.25) is 0 Å². The number of fused-ring (bicyclic) bond motifs is 1. The largest absolute Gasteiger partial charge is 0.300 e. The highest BCUT2D eigenvalue weighted by Gasteiger charge is 2.56. The second-order valence-electron chi connectivity index (χ2n) is 5.41. The first-order valence-electron chi connectivity index (χ1n) is 5.89. The van der Waals surface area contributed by atoms with Crippen molar-refractivity contribution < 1.29 is 9.59 Å². The molecule has 0 heterocycles. The summed E-state index contributed by atoms with van der Waals surface area (Å²) >= 11 is 0. The minimum atomic E-state index is 0.0671. The number of Topliss-reactive ketones (excluding diaryl/α,β-unsaturated/α-hetero) is 2. The van der Waals surface area contributed by atoms with Gasteiger partial charge in [0.1, 0.15) is 11.6 Å². The Hall–Kier alpha value is -0.920. The Bertz CT molecular complexity index is 326. The minimum Gasteiger partial charge on any atom is -0.300 e. The zero-order chi connectivity index (χ0) is 10.5. The first-order valence-corrected chi connectivity index (χ1v) is 5.89. The van der Waals surface area contributed by atoms with Gasteiger partial charge in [0, 0.05) is 25.7 Å². The van der Waals surface area contributed by atoms with Gasteiger partial charge < -0.3 is 0 Å². The molecule has 3 aliphatic rings. The van der Waals surface area contributed by atoms with Crippen LogP contribution in [0, 0.1) is 17.3 Å². The van der Waals surface area contributed by atoms with E-state index in [1.165, 1.54) is 0 Å². The van der Waals surface area contributed by atoms with Crippen LogP contribution < -0.4 is 0 Å². The molecular weight excluding hydrogens is 188 g/mol. The first-order chi connectivity index (χ1) is 7.21. The molecule has 15 heavy (non-hydrogen) atoms. The number of carbonyl (C=O) groups excluding carboxylic acids is 2. The monoisotopic (exact) mass is 204 g/mol. The summed E-state index contributed by atoms with van der Waals surface area (Å²) in [5.41, 5.74) is 0.0671. The molecule has 0 bridgehead atoms. The summed E-state index contributed by atoms with van der Waals surface area (Å²) < 4.78 is 0. The zero-order valence-corrected chi connectivity index (χ0v) is 8.87. The molecule has 2 nitrogen and oxygen atoms in total. The van der Waals surface area contributed by atoms with Crippen molar-refractivity contribution in [2.45, 2.75) is 38.5 Å². The Morgan fingerprint density at radius 2 is 1.47 bits per heavy atom. The van der Waals surface area contributed by atoms with E-state index in [-0.39, 0.29) is 5.41 Å². The van der Waals surface area contributed by atoms with Crippen LogP contribution in [0.3, 0.4) is 0 Å². The number of rotatable bonds is 1. The highest BCUT2D eigenvalue weighted by atomic mass is 16.1. The lowest BCUT2D eigenvalue weighted by molar-refractivity contribution is -0.120. The Morgan fingerprint density at radius 1 is 0.933 bits per heavy atom. The minimum absolute atomic E-state index is 0.0671. The van der Waals surface area contributed by atoms with Crippen LogP contribution in [0.5, 0.6) is 0 Å². The van der Waals surface area contributed by atoms with Gasteiger partial charge in [-0.1, -0.05) is 12.2 Å². The summed E-state index contributed by atoms with van der Waals surface area (Å²) in [7, 11) is 0. The number of hydrogen-bond acceptors (Lipinski definition) is 2. The average molecular weight is 204 g/mol. The molecule has 2 fully saturated rings. The van der Waals surface area contributed by atoms with Crippen LogP contribution in [0.1, 0.15) is 38.5 Å². The fourth-order valence-corrected chi connectivity index (χ4v) is 3.97. The number of carbonyl (C=O) groups is 2. The quantitative estimate of drug-likeness (QED) is 0.614. The maximum Gasteiger partial charge on any atom is 0.133 e. The fourth-order valence-electron chi connectivity index (χ4n) is 3.97. The van der Waals surface area contributed by atoms with Crippen molar-refractivity contribution in [2.24, 2.45) is 17.3 Å². The third-order valence-corrected chi connectivity index (χ3v) is 4.63. The van der Waals surface area contributed by atoms with Crippen molar-refractivity contribution in [1.29, 1.82) is 0 Å². The van der Waals surface area contributed by atoms with Gasteiger partial charge in [-0.05, 0) is 30.1 Å². The fraction of sp³-hybridized carbons (Fsp3) is 0.692. The van der Waals surface area contributed by atoms with Gasteiger partial charge in [-0.25, -0.2) is 0 Å². The highest BCUT2D eigenvalue weighted by Crippen LogP contribution is 2.58. The van der Waals surface area contributed by atoms with Gasteiger partial charge in [-0.15, -0.1) is 0 Å². The lowest BCUT2D eigenvalue weighted by Crippen LogP contribution is -2.29. The maximum atomic E-state index is 11.6. The first kappa shape index (κ1) is 9.32. The second kappa shape index (κ2) is 3.03. The number of hydrogen-bond donors (Lipinski definition) is 0. The van der Waals surface area contributed by atoms with E-state index in [2.05, 4.69) is 12.2 Å². The van der Waals surface area contributed by atoms with Crippen LogP contribution in [-0.4, -0.2) is 11.6 Å². The summed E-state index contributed by atoms with van der Waals surface area (Å²) in [5.74, 6) is 1.72. The molecule has 0 aromatic heterocycles. The second-order valence-corrected chi connectivity index (χ2v) is 5.41. The standard InChI is InChI=1S/C13H16O2/c14-11-5-10-6-12(15)8-13(10,7-11)9-3-1-2-4-9/h1-2,9-10H,3-8H2. The molecule has 0 atom stereocenters. The van der Waals surface area contributed by atoms with Crippen LogP contribution in [0.4, 0.5) is 0 Å². The zero-order valence-electron chi connectivity index (χ0n) is 8.87. The van der Waals surface area contributed by atoms with Crippen molar-refractivity contribution in [2.75, 3.05) is 0 Å². The highest BCUT2D eigenvalue weighted by molar-refractivity contribution is 5.90. The Balaban J connectivity index is 1.92. The predicted molar refractivity (Wildman–Crippen MR) is 56.3 cm³/mol. The summed E-state index contributed by atoms with van der Waals surface area (Å²) in [5, 5.41) is 0. The van der Waals surface area contributed by atoms with E-state index in [9.17, 15) is 9.59 Å². The van der Waals surface area contributed by atoms with E-state index in [1.807, 2.05) is 0 Å². The van der Waals surface area contributed by atoms with Crippen LogP contribution in [0.2, 0.25) is 0 Å². The predicted octanol–water partition coefficient (Wildman–Crippen LogP) is 2.28. The summed E-state index contributed by atoms with van der Waals surface area (Å²) in [6, 6.07) is 0. The van der Waals surface area contributed by atoms with Gasteiger partial charge in [-0.2, -0.15) is 0 Å². The molecule has 0 amide bonds. The van der Waals surface area contributed by atoms with E-state index in [0.717, 1.165) is 12.8 Å². The molecule has 0 spiro atoms. The normalized spacial score (nSPS) is 40.4. The Morgan fingerprint density at radius 3 is 2.00 bits per heavy atom. The third kappa shape index (κ3) is 1.23. The molecule has 3 aliphatic carbocycles. The molecule has 0 saturated heterocycles.